The normalized spacial score (nSPS) is 10.6. The summed E-state index contributed by atoms with van der Waals surface area (Å²) in [5.74, 6) is 1.000. The van der Waals surface area contributed by atoms with Crippen molar-refractivity contribution in [2.75, 3.05) is 23.7 Å². The highest BCUT2D eigenvalue weighted by Gasteiger charge is 2.13. The van der Waals surface area contributed by atoms with Gasteiger partial charge in [0.05, 0.1) is 0 Å². The number of hydrogen-bond acceptors (Lipinski definition) is 5. The van der Waals surface area contributed by atoms with Crippen LogP contribution in [0.1, 0.15) is 13.8 Å². The van der Waals surface area contributed by atoms with E-state index in [1.54, 1.807) is 18.2 Å². The van der Waals surface area contributed by atoms with Crippen molar-refractivity contribution >= 4 is 23.2 Å². The summed E-state index contributed by atoms with van der Waals surface area (Å²) in [5, 5.41) is 4.50. The third-order valence-electron chi connectivity index (χ3n) is 2.63. The summed E-state index contributed by atoms with van der Waals surface area (Å²) in [6, 6.07) is 5.18. The maximum atomic E-state index is 5.94. The molecule has 5 nitrogen and oxygen atoms in total. The zero-order valence-electron chi connectivity index (χ0n) is 10.4. The summed E-state index contributed by atoms with van der Waals surface area (Å²) in [6.07, 6.45) is 0. The lowest BCUT2D eigenvalue weighted by atomic mass is 10.2. The molecule has 0 saturated heterocycles. The second-order valence-corrected chi connectivity index (χ2v) is 4.28. The molecular formula is C12H15ClN4O. The van der Waals surface area contributed by atoms with Crippen LogP contribution in [0.3, 0.4) is 0 Å². The van der Waals surface area contributed by atoms with Crippen molar-refractivity contribution in [1.29, 1.82) is 0 Å². The molecule has 6 heteroatoms. The monoisotopic (exact) mass is 266 g/mol. The Morgan fingerprint density at radius 2 is 2.00 bits per heavy atom. The van der Waals surface area contributed by atoms with E-state index in [9.17, 15) is 0 Å². The molecule has 2 rings (SSSR count). The van der Waals surface area contributed by atoms with Crippen LogP contribution in [0.5, 0.6) is 0 Å². The van der Waals surface area contributed by atoms with Gasteiger partial charge in [-0.15, -0.1) is 0 Å². The van der Waals surface area contributed by atoms with Crippen molar-refractivity contribution < 1.29 is 4.52 Å². The predicted molar refractivity (Wildman–Crippen MR) is 72.7 cm³/mol. The van der Waals surface area contributed by atoms with Crippen molar-refractivity contribution in [3.05, 3.63) is 23.2 Å². The first kappa shape index (κ1) is 12.7. The number of rotatable bonds is 4. The fourth-order valence-electron chi connectivity index (χ4n) is 1.70. The number of benzene rings is 1. The first-order chi connectivity index (χ1) is 8.63. The van der Waals surface area contributed by atoms with Gasteiger partial charge in [0.15, 0.2) is 0 Å². The van der Waals surface area contributed by atoms with Crippen molar-refractivity contribution in [3.8, 4) is 11.5 Å². The summed E-state index contributed by atoms with van der Waals surface area (Å²) in [4.78, 5) is 6.34. The number of halogens is 1. The van der Waals surface area contributed by atoms with Crippen LogP contribution in [0.2, 0.25) is 5.02 Å². The highest BCUT2D eigenvalue weighted by Crippen LogP contribution is 2.26. The van der Waals surface area contributed by atoms with Gasteiger partial charge < -0.3 is 15.2 Å². The number of nitrogen functional groups attached to an aromatic ring is 1. The number of nitrogens with zero attached hydrogens (tertiary/aromatic N) is 3. The van der Waals surface area contributed by atoms with E-state index in [1.165, 1.54) is 0 Å². The molecule has 0 fully saturated rings. The Hall–Kier alpha value is -1.75. The van der Waals surface area contributed by atoms with E-state index in [0.717, 1.165) is 18.7 Å². The van der Waals surface area contributed by atoms with Gasteiger partial charge in [-0.1, -0.05) is 11.6 Å². The number of hydrogen-bond donors (Lipinski definition) is 1. The van der Waals surface area contributed by atoms with E-state index in [1.807, 2.05) is 18.7 Å². The van der Waals surface area contributed by atoms with Crippen molar-refractivity contribution in [1.82, 2.24) is 10.1 Å². The van der Waals surface area contributed by atoms with Gasteiger partial charge in [0, 0.05) is 29.4 Å². The Balaban J connectivity index is 2.34. The highest BCUT2D eigenvalue weighted by atomic mass is 35.5. The molecule has 0 saturated carbocycles. The molecular weight excluding hydrogens is 252 g/mol. The molecule has 0 radical (unpaired) electrons. The average molecular weight is 267 g/mol. The molecule has 0 spiro atoms. The Labute approximate surface area is 111 Å². The van der Waals surface area contributed by atoms with Crippen LogP contribution in [0.15, 0.2) is 22.7 Å². The SMILES string of the molecule is CCN(CC)c1noc(-c2cc(N)cc(Cl)c2)n1. The van der Waals surface area contributed by atoms with Crippen LogP contribution in [-0.4, -0.2) is 23.2 Å². The van der Waals surface area contributed by atoms with Crippen molar-refractivity contribution in [2.45, 2.75) is 13.8 Å². The zero-order valence-corrected chi connectivity index (χ0v) is 11.1. The van der Waals surface area contributed by atoms with Gasteiger partial charge in [-0.05, 0) is 37.2 Å². The lowest BCUT2D eigenvalue weighted by Crippen LogP contribution is -2.22. The lowest BCUT2D eigenvalue weighted by molar-refractivity contribution is 0.429. The average Bonchev–Trinajstić information content (AvgIpc) is 2.79. The van der Waals surface area contributed by atoms with E-state index in [2.05, 4.69) is 10.1 Å². The minimum Gasteiger partial charge on any atom is -0.399 e. The summed E-state index contributed by atoms with van der Waals surface area (Å²) in [5.41, 5.74) is 7.03. The van der Waals surface area contributed by atoms with Gasteiger partial charge in [-0.25, -0.2) is 0 Å². The molecule has 0 aliphatic rings. The van der Waals surface area contributed by atoms with Gasteiger partial charge in [0.25, 0.3) is 11.8 Å². The molecule has 1 heterocycles. The topological polar surface area (TPSA) is 68.2 Å². The fraction of sp³-hybridized carbons (Fsp3) is 0.333. The van der Waals surface area contributed by atoms with Gasteiger partial charge in [-0.3, -0.25) is 0 Å². The van der Waals surface area contributed by atoms with Gasteiger partial charge in [-0.2, -0.15) is 4.98 Å². The molecule has 18 heavy (non-hydrogen) atoms. The minimum absolute atomic E-state index is 0.422. The Morgan fingerprint density at radius 3 is 2.61 bits per heavy atom. The summed E-state index contributed by atoms with van der Waals surface area (Å²) in [7, 11) is 0. The van der Waals surface area contributed by atoms with Crippen LogP contribution in [0, 0.1) is 0 Å². The third-order valence-corrected chi connectivity index (χ3v) is 2.85. The van der Waals surface area contributed by atoms with E-state index in [-0.39, 0.29) is 0 Å². The van der Waals surface area contributed by atoms with Crippen LogP contribution < -0.4 is 10.6 Å². The van der Waals surface area contributed by atoms with Gasteiger partial charge >= 0.3 is 0 Å². The van der Waals surface area contributed by atoms with E-state index in [4.69, 9.17) is 21.9 Å². The first-order valence-electron chi connectivity index (χ1n) is 5.79. The number of aromatic nitrogens is 2. The third kappa shape index (κ3) is 2.56. The predicted octanol–water partition coefficient (Wildman–Crippen LogP) is 2.82. The molecule has 0 atom stereocenters. The minimum atomic E-state index is 0.422. The second-order valence-electron chi connectivity index (χ2n) is 3.85. The first-order valence-corrected chi connectivity index (χ1v) is 6.17. The molecule has 0 amide bonds. The van der Waals surface area contributed by atoms with Crippen molar-refractivity contribution in [3.63, 3.8) is 0 Å². The quantitative estimate of drug-likeness (QED) is 0.862. The van der Waals surface area contributed by atoms with Gasteiger partial charge in [0.2, 0.25) is 0 Å². The molecule has 0 aliphatic carbocycles. The van der Waals surface area contributed by atoms with Crippen LogP contribution >= 0.6 is 11.6 Å². The zero-order chi connectivity index (χ0) is 13.1. The van der Waals surface area contributed by atoms with Crippen molar-refractivity contribution in [2.24, 2.45) is 0 Å². The summed E-state index contributed by atoms with van der Waals surface area (Å²) in [6.45, 7) is 5.73. The van der Waals surface area contributed by atoms with Gasteiger partial charge in [0.1, 0.15) is 0 Å². The maximum absolute atomic E-state index is 5.94. The van der Waals surface area contributed by atoms with Crippen LogP contribution in [0.4, 0.5) is 11.6 Å². The molecule has 96 valence electrons. The molecule has 2 N–H and O–H groups in total. The number of anilines is 2. The molecule has 1 aromatic carbocycles. The molecule has 1 aromatic heterocycles. The van der Waals surface area contributed by atoms with E-state index < -0.39 is 0 Å². The summed E-state index contributed by atoms with van der Waals surface area (Å²) < 4.78 is 5.23. The Bertz CT molecular complexity index is 516. The van der Waals surface area contributed by atoms with Crippen LogP contribution in [-0.2, 0) is 0 Å². The highest BCUT2D eigenvalue weighted by molar-refractivity contribution is 6.31. The van der Waals surface area contributed by atoms with Crippen LogP contribution in [0.25, 0.3) is 11.5 Å². The smallest absolute Gasteiger partial charge is 0.266 e. The lowest BCUT2D eigenvalue weighted by Gasteiger charge is -2.14. The molecule has 0 aliphatic heterocycles. The Kier molecular flexibility index (Phi) is 3.72. The standard InChI is InChI=1S/C12H15ClN4O/c1-3-17(4-2)12-15-11(18-16-12)8-5-9(13)7-10(14)6-8/h5-7H,3-4,14H2,1-2H3. The second kappa shape index (κ2) is 5.27. The Morgan fingerprint density at radius 1 is 1.28 bits per heavy atom. The molecule has 2 aromatic rings. The molecule has 0 bridgehead atoms. The summed E-state index contributed by atoms with van der Waals surface area (Å²) >= 11 is 5.94. The number of nitrogens with two attached hydrogens (primary N) is 1. The molecule has 0 unspecified atom stereocenters. The largest absolute Gasteiger partial charge is 0.399 e. The van der Waals surface area contributed by atoms with E-state index >= 15 is 0 Å². The fourth-order valence-corrected chi connectivity index (χ4v) is 1.95. The maximum Gasteiger partial charge on any atom is 0.266 e. The van der Waals surface area contributed by atoms with E-state index in [0.29, 0.717) is 22.5 Å².